The van der Waals surface area contributed by atoms with Gasteiger partial charge in [-0.25, -0.2) is 9.40 Å². The van der Waals surface area contributed by atoms with E-state index in [1.807, 2.05) is 0 Å². The summed E-state index contributed by atoms with van der Waals surface area (Å²) in [7, 11) is 1.43. The molecule has 0 unspecified atom stereocenters. The van der Waals surface area contributed by atoms with Gasteiger partial charge in [-0.05, 0) is 59.7 Å². The topological polar surface area (TPSA) is 80.7 Å². The number of hydrogen-bond acceptors (Lipinski definition) is 6. The van der Waals surface area contributed by atoms with Crippen molar-refractivity contribution in [2.75, 3.05) is 33.6 Å². The number of carbonyl (C=O) groups is 2. The Morgan fingerprint density at radius 1 is 1.02 bits per heavy atom. The lowest BCUT2D eigenvalue weighted by atomic mass is 9.98. The molecular weight excluding hydrogens is 546 g/mol. The van der Waals surface area contributed by atoms with Crippen molar-refractivity contribution in [1.82, 2.24) is 9.91 Å². The normalized spacial score (nSPS) is 16.1. The van der Waals surface area contributed by atoms with E-state index in [0.717, 1.165) is 24.3 Å². The molecule has 214 valence electrons. The van der Waals surface area contributed by atoms with Crippen LogP contribution >= 0.6 is 0 Å². The van der Waals surface area contributed by atoms with E-state index in [1.165, 1.54) is 29.2 Å². The lowest BCUT2D eigenvalue weighted by molar-refractivity contribution is -0.137. The third-order valence-electron chi connectivity index (χ3n) is 6.76. The molecule has 1 atom stereocenters. The van der Waals surface area contributed by atoms with Crippen LogP contribution in [0.4, 0.5) is 17.6 Å². The summed E-state index contributed by atoms with van der Waals surface area (Å²) >= 11 is 0. The molecule has 0 saturated carbocycles. The molecule has 12 heteroatoms. The van der Waals surface area contributed by atoms with Crippen LogP contribution in [-0.4, -0.2) is 61.0 Å². The van der Waals surface area contributed by atoms with E-state index in [0.29, 0.717) is 34.8 Å². The Labute approximate surface area is 232 Å². The number of amides is 2. The minimum Gasteiger partial charge on any atom is -0.454 e. The lowest BCUT2D eigenvalue weighted by Crippen LogP contribution is -2.42. The minimum absolute atomic E-state index is 0.00820. The number of halogens is 4. The largest absolute Gasteiger partial charge is 0.454 e. The SMILES string of the molecule is COCCN(CC(=O)N1N=C(c2ccc(F)cc2)C[C@@H]1c1ccc2c(c1)OCO2)C(=O)c1ccc(C(F)(F)F)cc1. The van der Waals surface area contributed by atoms with Gasteiger partial charge in [-0.15, -0.1) is 0 Å². The summed E-state index contributed by atoms with van der Waals surface area (Å²) in [5.41, 5.74) is 0.981. The fourth-order valence-corrected chi connectivity index (χ4v) is 4.61. The maximum absolute atomic E-state index is 13.7. The predicted molar refractivity (Wildman–Crippen MR) is 139 cm³/mol. The van der Waals surface area contributed by atoms with E-state index < -0.39 is 42.0 Å². The second-order valence-corrected chi connectivity index (χ2v) is 9.42. The zero-order valence-electron chi connectivity index (χ0n) is 21.9. The number of rotatable bonds is 8. The molecule has 2 amide bonds. The highest BCUT2D eigenvalue weighted by Crippen LogP contribution is 2.39. The van der Waals surface area contributed by atoms with Crippen LogP contribution in [0, 0.1) is 5.82 Å². The van der Waals surface area contributed by atoms with Gasteiger partial charge in [0, 0.05) is 25.6 Å². The van der Waals surface area contributed by atoms with Crippen LogP contribution in [0.15, 0.2) is 71.8 Å². The molecule has 2 aliphatic heterocycles. The maximum atomic E-state index is 13.7. The maximum Gasteiger partial charge on any atom is 0.416 e. The quantitative estimate of drug-likeness (QED) is 0.354. The number of fused-ring (bicyclic) bond motifs is 1. The molecule has 0 spiro atoms. The first kappa shape index (κ1) is 28.1. The average Bonchev–Trinajstić information content (AvgIpc) is 3.62. The number of hydrogen-bond donors (Lipinski definition) is 0. The van der Waals surface area contributed by atoms with Crippen LogP contribution in [0.2, 0.25) is 0 Å². The molecule has 3 aromatic carbocycles. The molecule has 5 rings (SSSR count). The van der Waals surface area contributed by atoms with E-state index in [-0.39, 0.29) is 25.5 Å². The molecule has 2 aliphatic rings. The third-order valence-corrected chi connectivity index (χ3v) is 6.76. The number of benzene rings is 3. The van der Waals surface area contributed by atoms with Gasteiger partial charge in [0.1, 0.15) is 12.4 Å². The first-order valence-corrected chi connectivity index (χ1v) is 12.6. The molecule has 2 heterocycles. The smallest absolute Gasteiger partial charge is 0.416 e. The van der Waals surface area contributed by atoms with Crippen LogP contribution in [0.5, 0.6) is 11.5 Å². The Morgan fingerprint density at radius 3 is 2.41 bits per heavy atom. The lowest BCUT2D eigenvalue weighted by Gasteiger charge is -2.27. The molecule has 41 heavy (non-hydrogen) atoms. The van der Waals surface area contributed by atoms with Crippen LogP contribution < -0.4 is 9.47 Å². The van der Waals surface area contributed by atoms with Gasteiger partial charge in [-0.3, -0.25) is 9.59 Å². The highest BCUT2D eigenvalue weighted by molar-refractivity contribution is 6.03. The zero-order chi connectivity index (χ0) is 29.1. The van der Waals surface area contributed by atoms with E-state index in [2.05, 4.69) is 5.10 Å². The number of alkyl halides is 3. The second kappa shape index (κ2) is 11.6. The summed E-state index contributed by atoms with van der Waals surface area (Å²) in [6, 6.07) is 14.2. The number of nitrogens with zero attached hydrogens (tertiary/aromatic N) is 3. The van der Waals surface area contributed by atoms with Crippen molar-refractivity contribution in [2.45, 2.75) is 18.6 Å². The fourth-order valence-electron chi connectivity index (χ4n) is 4.61. The van der Waals surface area contributed by atoms with E-state index in [4.69, 9.17) is 14.2 Å². The van der Waals surface area contributed by atoms with Gasteiger partial charge in [-0.2, -0.15) is 18.3 Å². The van der Waals surface area contributed by atoms with Gasteiger partial charge in [0.15, 0.2) is 11.5 Å². The van der Waals surface area contributed by atoms with Crippen LogP contribution in [0.3, 0.4) is 0 Å². The third kappa shape index (κ3) is 6.17. The van der Waals surface area contributed by atoms with Crippen LogP contribution in [0.25, 0.3) is 0 Å². The standard InChI is InChI=1S/C29H25F4N3O5/c1-39-13-12-35(28(38)19-2-7-21(8-3-19)29(31,32)33)16-27(37)36-24(20-6-11-25-26(14-20)41-17-40-25)15-23(34-36)18-4-9-22(30)10-5-18/h2-11,14,24H,12-13,15-17H2,1H3/t24-/m1/s1. The molecule has 0 radical (unpaired) electrons. The summed E-state index contributed by atoms with van der Waals surface area (Å²) in [6.07, 6.45) is -4.24. The molecule has 0 aromatic heterocycles. The Hall–Kier alpha value is -4.45. The first-order chi connectivity index (χ1) is 19.6. The molecule has 8 nitrogen and oxygen atoms in total. The van der Waals surface area contributed by atoms with Crippen molar-refractivity contribution in [3.8, 4) is 11.5 Å². The van der Waals surface area contributed by atoms with Crippen molar-refractivity contribution < 1.29 is 41.4 Å². The van der Waals surface area contributed by atoms with Crippen molar-refractivity contribution in [2.24, 2.45) is 5.10 Å². The summed E-state index contributed by atoms with van der Waals surface area (Å²) in [5, 5.41) is 5.83. The van der Waals surface area contributed by atoms with Gasteiger partial charge < -0.3 is 19.1 Å². The Bertz CT molecular complexity index is 1460. The van der Waals surface area contributed by atoms with E-state index in [1.54, 1.807) is 30.3 Å². The average molecular weight is 572 g/mol. The predicted octanol–water partition coefficient (Wildman–Crippen LogP) is 5.04. The van der Waals surface area contributed by atoms with E-state index in [9.17, 15) is 27.2 Å². The molecule has 0 aliphatic carbocycles. The molecule has 0 fully saturated rings. The Kier molecular flexibility index (Phi) is 7.93. The number of methoxy groups -OCH3 is 1. The molecular formula is C29H25F4N3O5. The van der Waals surface area contributed by atoms with Crippen molar-refractivity contribution in [3.05, 3.63) is 94.8 Å². The molecule has 0 N–H and O–H groups in total. The van der Waals surface area contributed by atoms with Crippen LogP contribution in [-0.2, 0) is 15.7 Å². The molecule has 0 saturated heterocycles. The monoisotopic (exact) mass is 571 g/mol. The second-order valence-electron chi connectivity index (χ2n) is 9.42. The molecule has 0 bridgehead atoms. The summed E-state index contributed by atoms with van der Waals surface area (Å²) in [5.74, 6) is -0.489. The minimum atomic E-state index is -4.55. The van der Waals surface area contributed by atoms with E-state index >= 15 is 0 Å². The summed E-state index contributed by atoms with van der Waals surface area (Å²) in [4.78, 5) is 28.2. The zero-order valence-corrected chi connectivity index (χ0v) is 21.9. The number of ether oxygens (including phenoxy) is 3. The highest BCUT2D eigenvalue weighted by atomic mass is 19.4. The van der Waals surface area contributed by atoms with Gasteiger partial charge in [0.2, 0.25) is 6.79 Å². The van der Waals surface area contributed by atoms with Gasteiger partial charge >= 0.3 is 6.18 Å². The Morgan fingerprint density at radius 2 is 1.73 bits per heavy atom. The van der Waals surface area contributed by atoms with Crippen molar-refractivity contribution >= 4 is 17.5 Å². The number of carbonyl (C=O) groups excluding carboxylic acids is 2. The summed E-state index contributed by atoms with van der Waals surface area (Å²) < 4.78 is 68.6. The number of hydrazone groups is 1. The van der Waals surface area contributed by atoms with Gasteiger partial charge in [0.25, 0.3) is 11.8 Å². The Balaban J connectivity index is 1.42. The van der Waals surface area contributed by atoms with Gasteiger partial charge in [0.05, 0.1) is 23.9 Å². The fraction of sp³-hybridized carbons (Fsp3) is 0.276. The summed E-state index contributed by atoms with van der Waals surface area (Å²) in [6.45, 7) is -0.233. The van der Waals surface area contributed by atoms with Crippen LogP contribution in [0.1, 0.15) is 39.5 Å². The van der Waals surface area contributed by atoms with Gasteiger partial charge in [-0.1, -0.05) is 18.2 Å². The van der Waals surface area contributed by atoms with Crippen molar-refractivity contribution in [3.63, 3.8) is 0 Å². The first-order valence-electron chi connectivity index (χ1n) is 12.6. The molecule has 3 aromatic rings. The highest BCUT2D eigenvalue weighted by Gasteiger charge is 2.36. The van der Waals surface area contributed by atoms with Crippen molar-refractivity contribution in [1.29, 1.82) is 0 Å².